The minimum absolute atomic E-state index is 0.138. The Morgan fingerprint density at radius 1 is 1.53 bits per heavy atom. The molecular weight excluding hydrogens is 192 g/mol. The van der Waals surface area contributed by atoms with E-state index in [0.717, 1.165) is 5.82 Å². The molecule has 0 aliphatic heterocycles. The van der Waals surface area contributed by atoms with Gasteiger partial charge in [0, 0.05) is 18.7 Å². The number of nitrogens with two attached hydrogens (primary N) is 1. The highest BCUT2D eigenvalue weighted by Gasteiger charge is 2.29. The maximum atomic E-state index is 9.00. The zero-order valence-electron chi connectivity index (χ0n) is 8.85. The molecule has 0 bridgehead atoms. The van der Waals surface area contributed by atoms with Gasteiger partial charge in [-0.15, -0.1) is 0 Å². The van der Waals surface area contributed by atoms with Gasteiger partial charge in [-0.05, 0) is 19.8 Å². The maximum absolute atomic E-state index is 9.00. The van der Waals surface area contributed by atoms with Crippen molar-refractivity contribution in [2.24, 2.45) is 0 Å². The van der Waals surface area contributed by atoms with Gasteiger partial charge in [0.2, 0.25) is 0 Å². The summed E-state index contributed by atoms with van der Waals surface area (Å²) in [7, 11) is 0. The van der Waals surface area contributed by atoms with Crippen LogP contribution in [0.3, 0.4) is 0 Å². The van der Waals surface area contributed by atoms with Crippen molar-refractivity contribution in [1.82, 2.24) is 9.97 Å². The van der Waals surface area contributed by atoms with E-state index in [1.807, 2.05) is 6.92 Å². The van der Waals surface area contributed by atoms with Crippen LogP contribution < -0.4 is 10.6 Å². The molecule has 0 radical (unpaired) electrons. The molecule has 1 fully saturated rings. The molecule has 15 heavy (non-hydrogen) atoms. The second-order valence-electron chi connectivity index (χ2n) is 3.85. The molecule has 0 saturated heterocycles. The van der Waals surface area contributed by atoms with E-state index in [1.165, 1.54) is 12.8 Å². The van der Waals surface area contributed by atoms with E-state index in [9.17, 15) is 0 Å². The standard InChI is InChI=1S/C10H16N4O/c1-7-12-9(11)6-10(13-7)14(4-5-15)8-2-3-8/h6,8,15H,2-5H2,1H3,(H2,11,12,13). The molecule has 0 amide bonds. The highest BCUT2D eigenvalue weighted by molar-refractivity contribution is 5.48. The van der Waals surface area contributed by atoms with Gasteiger partial charge in [0.15, 0.2) is 0 Å². The van der Waals surface area contributed by atoms with Gasteiger partial charge in [-0.2, -0.15) is 0 Å². The molecule has 0 spiro atoms. The predicted octanol–water partition coefficient (Wildman–Crippen LogP) is 0.328. The van der Waals surface area contributed by atoms with Gasteiger partial charge in [-0.1, -0.05) is 0 Å². The monoisotopic (exact) mass is 208 g/mol. The van der Waals surface area contributed by atoms with Gasteiger partial charge in [0.25, 0.3) is 0 Å². The Morgan fingerprint density at radius 3 is 2.80 bits per heavy atom. The smallest absolute Gasteiger partial charge is 0.134 e. The number of aromatic nitrogens is 2. The van der Waals surface area contributed by atoms with Gasteiger partial charge in [0.05, 0.1) is 6.61 Å². The highest BCUT2D eigenvalue weighted by atomic mass is 16.3. The van der Waals surface area contributed by atoms with E-state index in [0.29, 0.717) is 24.2 Å². The molecule has 1 aliphatic rings. The number of aryl methyl sites for hydroxylation is 1. The quantitative estimate of drug-likeness (QED) is 0.745. The summed E-state index contributed by atoms with van der Waals surface area (Å²) in [4.78, 5) is 10.5. The summed E-state index contributed by atoms with van der Waals surface area (Å²) >= 11 is 0. The van der Waals surface area contributed by atoms with E-state index < -0.39 is 0 Å². The lowest BCUT2D eigenvalue weighted by atomic mass is 10.4. The second kappa shape index (κ2) is 4.02. The molecule has 2 rings (SSSR count). The van der Waals surface area contributed by atoms with Crippen LogP contribution in [-0.2, 0) is 0 Å². The third-order valence-electron chi connectivity index (χ3n) is 2.47. The van der Waals surface area contributed by atoms with Crippen molar-refractivity contribution in [3.63, 3.8) is 0 Å². The maximum Gasteiger partial charge on any atom is 0.134 e. The van der Waals surface area contributed by atoms with Crippen LogP contribution in [-0.4, -0.2) is 34.3 Å². The van der Waals surface area contributed by atoms with Crippen LogP contribution in [0.5, 0.6) is 0 Å². The molecule has 1 aromatic heterocycles. The zero-order valence-corrected chi connectivity index (χ0v) is 8.85. The number of hydrogen-bond donors (Lipinski definition) is 2. The summed E-state index contributed by atoms with van der Waals surface area (Å²) in [6, 6.07) is 2.28. The summed E-state index contributed by atoms with van der Waals surface area (Å²) in [6.07, 6.45) is 2.34. The van der Waals surface area contributed by atoms with Crippen LogP contribution in [0.1, 0.15) is 18.7 Å². The minimum atomic E-state index is 0.138. The number of nitrogens with zero attached hydrogens (tertiary/aromatic N) is 3. The lowest BCUT2D eigenvalue weighted by molar-refractivity contribution is 0.301. The van der Waals surface area contributed by atoms with Crippen molar-refractivity contribution in [3.05, 3.63) is 11.9 Å². The third kappa shape index (κ3) is 2.36. The number of nitrogen functional groups attached to an aromatic ring is 1. The normalized spacial score (nSPS) is 15.3. The Bertz CT molecular complexity index is 331. The van der Waals surface area contributed by atoms with Crippen LogP contribution in [0.2, 0.25) is 0 Å². The van der Waals surface area contributed by atoms with Gasteiger partial charge >= 0.3 is 0 Å². The fraction of sp³-hybridized carbons (Fsp3) is 0.600. The van der Waals surface area contributed by atoms with Crippen molar-refractivity contribution in [2.75, 3.05) is 23.8 Å². The Labute approximate surface area is 88.9 Å². The van der Waals surface area contributed by atoms with Crippen LogP contribution in [0.25, 0.3) is 0 Å². The number of hydrogen-bond acceptors (Lipinski definition) is 5. The average Bonchev–Trinajstić information content (AvgIpc) is 2.95. The molecular formula is C10H16N4O. The van der Waals surface area contributed by atoms with E-state index in [-0.39, 0.29) is 6.61 Å². The number of aliphatic hydroxyl groups excluding tert-OH is 1. The third-order valence-corrected chi connectivity index (χ3v) is 2.47. The number of aliphatic hydroxyl groups is 1. The molecule has 1 saturated carbocycles. The van der Waals surface area contributed by atoms with Gasteiger partial charge in [-0.3, -0.25) is 0 Å². The first kappa shape index (κ1) is 10.2. The highest BCUT2D eigenvalue weighted by Crippen LogP contribution is 2.30. The topological polar surface area (TPSA) is 75.3 Å². The lowest BCUT2D eigenvalue weighted by Crippen LogP contribution is -2.30. The van der Waals surface area contributed by atoms with Crippen molar-refractivity contribution in [2.45, 2.75) is 25.8 Å². The summed E-state index contributed by atoms with van der Waals surface area (Å²) in [6.45, 7) is 2.57. The Kier molecular flexibility index (Phi) is 2.73. The van der Waals surface area contributed by atoms with Crippen molar-refractivity contribution in [3.8, 4) is 0 Å². The molecule has 1 aromatic rings. The molecule has 1 aliphatic carbocycles. The molecule has 0 aromatic carbocycles. The summed E-state index contributed by atoms with van der Waals surface area (Å²) in [5.41, 5.74) is 5.67. The second-order valence-corrected chi connectivity index (χ2v) is 3.85. The van der Waals surface area contributed by atoms with E-state index in [1.54, 1.807) is 6.07 Å². The van der Waals surface area contributed by atoms with Crippen molar-refractivity contribution in [1.29, 1.82) is 0 Å². The van der Waals surface area contributed by atoms with Crippen LogP contribution in [0.15, 0.2) is 6.07 Å². The van der Waals surface area contributed by atoms with Gasteiger partial charge < -0.3 is 15.7 Å². The van der Waals surface area contributed by atoms with Crippen LogP contribution >= 0.6 is 0 Å². The summed E-state index contributed by atoms with van der Waals surface area (Å²) in [5.74, 6) is 1.99. The first-order valence-electron chi connectivity index (χ1n) is 5.19. The van der Waals surface area contributed by atoms with E-state index in [4.69, 9.17) is 10.8 Å². The first-order valence-corrected chi connectivity index (χ1v) is 5.19. The molecule has 0 atom stereocenters. The minimum Gasteiger partial charge on any atom is -0.395 e. The van der Waals surface area contributed by atoms with Crippen molar-refractivity contribution < 1.29 is 5.11 Å². The summed E-state index contributed by atoms with van der Waals surface area (Å²) in [5, 5.41) is 9.00. The van der Waals surface area contributed by atoms with Gasteiger partial charge in [-0.25, -0.2) is 9.97 Å². The fourth-order valence-electron chi connectivity index (χ4n) is 1.70. The molecule has 1 heterocycles. The van der Waals surface area contributed by atoms with E-state index >= 15 is 0 Å². The van der Waals surface area contributed by atoms with Crippen LogP contribution in [0.4, 0.5) is 11.6 Å². The summed E-state index contributed by atoms with van der Waals surface area (Å²) < 4.78 is 0. The predicted molar refractivity (Wildman–Crippen MR) is 58.6 cm³/mol. The van der Waals surface area contributed by atoms with E-state index in [2.05, 4.69) is 14.9 Å². The molecule has 5 heteroatoms. The SMILES string of the molecule is Cc1nc(N)cc(N(CCO)C2CC2)n1. The lowest BCUT2D eigenvalue weighted by Gasteiger charge is -2.22. The Balaban J connectivity index is 2.24. The average molecular weight is 208 g/mol. The van der Waals surface area contributed by atoms with Crippen molar-refractivity contribution >= 4 is 11.6 Å². The Hall–Kier alpha value is -1.36. The Morgan fingerprint density at radius 2 is 2.27 bits per heavy atom. The number of rotatable bonds is 4. The molecule has 82 valence electrons. The van der Waals surface area contributed by atoms with Gasteiger partial charge in [0.1, 0.15) is 17.5 Å². The molecule has 0 unspecified atom stereocenters. The first-order chi connectivity index (χ1) is 7.20. The fourth-order valence-corrected chi connectivity index (χ4v) is 1.70. The molecule has 5 nitrogen and oxygen atoms in total. The number of anilines is 2. The molecule has 3 N–H and O–H groups in total. The van der Waals surface area contributed by atoms with Crippen LogP contribution in [0, 0.1) is 6.92 Å². The zero-order chi connectivity index (χ0) is 10.8. The largest absolute Gasteiger partial charge is 0.395 e.